The van der Waals surface area contributed by atoms with E-state index >= 15 is 0 Å². The van der Waals surface area contributed by atoms with Crippen molar-refractivity contribution in [2.45, 2.75) is 13.8 Å². The van der Waals surface area contributed by atoms with E-state index in [0.717, 1.165) is 6.07 Å². The van der Waals surface area contributed by atoms with Crippen LogP contribution in [0.2, 0.25) is 5.02 Å². The number of aryl methyl sites for hydroxylation is 1. The molecule has 1 rings (SSSR count). The van der Waals surface area contributed by atoms with Crippen molar-refractivity contribution < 1.29 is 18.7 Å². The number of Topliss-reactive ketones (excluding diaryl/α,β-unsaturated/α-hetero) is 1. The lowest BCUT2D eigenvalue weighted by Gasteiger charge is -2.05. The Kier molecular flexibility index (Phi) is 4.01. The number of hydrogen-bond donors (Lipinski definition) is 0. The Hall–Kier alpha value is -1.42. The van der Waals surface area contributed by atoms with E-state index in [4.69, 9.17) is 11.6 Å². The summed E-state index contributed by atoms with van der Waals surface area (Å²) < 4.78 is 17.6. The van der Waals surface area contributed by atoms with E-state index < -0.39 is 17.6 Å². The van der Waals surface area contributed by atoms with Gasteiger partial charge in [-0.3, -0.25) is 4.79 Å². The second-order valence-corrected chi connectivity index (χ2v) is 3.51. The van der Waals surface area contributed by atoms with Gasteiger partial charge >= 0.3 is 5.97 Å². The van der Waals surface area contributed by atoms with Crippen LogP contribution in [0.1, 0.15) is 22.8 Å². The van der Waals surface area contributed by atoms with E-state index in [-0.39, 0.29) is 17.2 Å². The number of halogens is 2. The Labute approximate surface area is 97.2 Å². The van der Waals surface area contributed by atoms with Crippen LogP contribution in [0.5, 0.6) is 0 Å². The third kappa shape index (κ3) is 2.58. The van der Waals surface area contributed by atoms with Gasteiger partial charge in [0.15, 0.2) is 0 Å². The quantitative estimate of drug-likeness (QED) is 0.466. The van der Waals surface area contributed by atoms with Crippen molar-refractivity contribution in [2.75, 3.05) is 6.61 Å². The highest BCUT2D eigenvalue weighted by molar-refractivity contribution is 6.45. The van der Waals surface area contributed by atoms with E-state index in [1.165, 1.54) is 6.07 Å². The van der Waals surface area contributed by atoms with Gasteiger partial charge in [-0.25, -0.2) is 9.18 Å². The SMILES string of the molecule is CCOC(=O)C(=O)c1cc(F)cc(C)c1Cl. The van der Waals surface area contributed by atoms with E-state index in [1.54, 1.807) is 13.8 Å². The van der Waals surface area contributed by atoms with Crippen LogP contribution >= 0.6 is 11.6 Å². The zero-order valence-corrected chi connectivity index (χ0v) is 9.60. The molecule has 0 spiro atoms. The Morgan fingerprint density at radius 3 is 2.62 bits per heavy atom. The van der Waals surface area contributed by atoms with Gasteiger partial charge in [0.1, 0.15) is 5.82 Å². The standard InChI is InChI=1S/C11H10ClFO3/c1-3-16-11(15)10(14)8-5-7(13)4-6(2)9(8)12/h4-5H,3H2,1-2H3. The number of ketones is 1. The fourth-order valence-corrected chi connectivity index (χ4v) is 1.39. The van der Waals surface area contributed by atoms with Gasteiger partial charge in [0.05, 0.1) is 17.2 Å². The summed E-state index contributed by atoms with van der Waals surface area (Å²) in [6, 6.07) is 2.11. The molecule has 0 aliphatic heterocycles. The van der Waals surface area contributed by atoms with Gasteiger partial charge in [-0.05, 0) is 31.5 Å². The Morgan fingerprint density at radius 1 is 1.44 bits per heavy atom. The lowest BCUT2D eigenvalue weighted by atomic mass is 10.1. The molecule has 0 fully saturated rings. The molecule has 0 saturated heterocycles. The first-order chi connectivity index (χ1) is 7.47. The van der Waals surface area contributed by atoms with Crippen LogP contribution in [-0.4, -0.2) is 18.4 Å². The number of benzene rings is 1. The third-order valence-electron chi connectivity index (χ3n) is 1.92. The molecule has 1 aromatic rings. The molecule has 0 bridgehead atoms. The summed E-state index contributed by atoms with van der Waals surface area (Å²) in [7, 11) is 0. The summed E-state index contributed by atoms with van der Waals surface area (Å²) in [5.74, 6) is -2.58. The number of esters is 1. The first-order valence-electron chi connectivity index (χ1n) is 4.64. The van der Waals surface area contributed by atoms with Crippen LogP contribution < -0.4 is 0 Å². The number of carbonyl (C=O) groups excluding carboxylic acids is 2. The first kappa shape index (κ1) is 12.6. The van der Waals surface area contributed by atoms with Crippen molar-refractivity contribution in [3.05, 3.63) is 34.1 Å². The molecular weight excluding hydrogens is 235 g/mol. The van der Waals surface area contributed by atoms with Gasteiger partial charge in [-0.1, -0.05) is 11.6 Å². The molecule has 0 amide bonds. The summed E-state index contributed by atoms with van der Waals surface area (Å²) in [6.07, 6.45) is 0. The third-order valence-corrected chi connectivity index (χ3v) is 2.43. The van der Waals surface area contributed by atoms with Crippen molar-refractivity contribution in [1.82, 2.24) is 0 Å². The van der Waals surface area contributed by atoms with Crippen LogP contribution in [0.25, 0.3) is 0 Å². The van der Waals surface area contributed by atoms with Crippen LogP contribution in [0.15, 0.2) is 12.1 Å². The minimum atomic E-state index is -1.03. The molecular formula is C11H10ClFO3. The van der Waals surface area contributed by atoms with Crippen molar-refractivity contribution in [1.29, 1.82) is 0 Å². The lowest BCUT2D eigenvalue weighted by molar-refractivity contribution is -0.137. The maximum atomic E-state index is 13.1. The van der Waals surface area contributed by atoms with E-state index in [2.05, 4.69) is 4.74 Å². The maximum absolute atomic E-state index is 13.1. The van der Waals surface area contributed by atoms with Crippen LogP contribution in [0.3, 0.4) is 0 Å². The normalized spacial score (nSPS) is 10.0. The highest BCUT2D eigenvalue weighted by Gasteiger charge is 2.22. The van der Waals surface area contributed by atoms with Gasteiger partial charge in [0.2, 0.25) is 0 Å². The fourth-order valence-electron chi connectivity index (χ4n) is 1.20. The summed E-state index contributed by atoms with van der Waals surface area (Å²) >= 11 is 5.81. The first-order valence-corrected chi connectivity index (χ1v) is 5.02. The predicted molar refractivity (Wildman–Crippen MR) is 57.1 cm³/mol. The molecule has 0 aliphatic rings. The van der Waals surface area contributed by atoms with Crippen molar-refractivity contribution in [2.24, 2.45) is 0 Å². The largest absolute Gasteiger partial charge is 0.460 e. The molecule has 0 unspecified atom stereocenters. The fraction of sp³-hybridized carbons (Fsp3) is 0.273. The second-order valence-electron chi connectivity index (χ2n) is 3.13. The maximum Gasteiger partial charge on any atom is 0.379 e. The summed E-state index contributed by atoms with van der Waals surface area (Å²) in [4.78, 5) is 22.7. The Balaban J connectivity index is 3.13. The molecule has 1 aromatic carbocycles. The molecule has 0 saturated carbocycles. The average Bonchev–Trinajstić information content (AvgIpc) is 2.22. The van der Waals surface area contributed by atoms with Crippen molar-refractivity contribution in [3.63, 3.8) is 0 Å². The van der Waals surface area contributed by atoms with Crippen LogP contribution in [0, 0.1) is 12.7 Å². The van der Waals surface area contributed by atoms with E-state index in [9.17, 15) is 14.0 Å². The van der Waals surface area contributed by atoms with Crippen LogP contribution in [0.4, 0.5) is 4.39 Å². The van der Waals surface area contributed by atoms with E-state index in [0.29, 0.717) is 5.56 Å². The van der Waals surface area contributed by atoms with Gasteiger partial charge in [-0.2, -0.15) is 0 Å². The minimum Gasteiger partial charge on any atom is -0.460 e. The molecule has 5 heteroatoms. The molecule has 0 atom stereocenters. The number of rotatable bonds is 3. The average molecular weight is 245 g/mol. The molecule has 0 radical (unpaired) electrons. The monoisotopic (exact) mass is 244 g/mol. The summed E-state index contributed by atoms with van der Waals surface area (Å²) in [5, 5.41) is 0.0689. The highest BCUT2D eigenvalue weighted by Crippen LogP contribution is 2.22. The smallest absolute Gasteiger partial charge is 0.379 e. The van der Waals surface area contributed by atoms with Gasteiger partial charge in [0.25, 0.3) is 5.78 Å². The zero-order valence-electron chi connectivity index (χ0n) is 8.84. The molecule has 0 aliphatic carbocycles. The van der Waals surface area contributed by atoms with Crippen LogP contribution in [-0.2, 0) is 9.53 Å². The number of carbonyl (C=O) groups is 2. The van der Waals surface area contributed by atoms with Crippen molar-refractivity contribution in [3.8, 4) is 0 Å². The van der Waals surface area contributed by atoms with Gasteiger partial charge < -0.3 is 4.74 Å². The molecule has 0 N–H and O–H groups in total. The Bertz CT molecular complexity index is 443. The zero-order chi connectivity index (χ0) is 12.3. The highest BCUT2D eigenvalue weighted by atomic mass is 35.5. The van der Waals surface area contributed by atoms with E-state index in [1.807, 2.05) is 0 Å². The molecule has 16 heavy (non-hydrogen) atoms. The molecule has 0 aromatic heterocycles. The minimum absolute atomic E-state index is 0.0689. The topological polar surface area (TPSA) is 43.4 Å². The predicted octanol–water partition coefficient (Wildman–Crippen LogP) is 2.53. The van der Waals surface area contributed by atoms with Gasteiger partial charge in [-0.15, -0.1) is 0 Å². The summed E-state index contributed by atoms with van der Waals surface area (Å²) in [5.41, 5.74) is 0.229. The molecule has 0 heterocycles. The lowest BCUT2D eigenvalue weighted by Crippen LogP contribution is -2.18. The number of hydrogen-bond acceptors (Lipinski definition) is 3. The second kappa shape index (κ2) is 5.07. The summed E-state index contributed by atoms with van der Waals surface area (Å²) in [6.45, 7) is 3.20. The Morgan fingerprint density at radius 2 is 2.06 bits per heavy atom. The molecule has 86 valence electrons. The van der Waals surface area contributed by atoms with Crippen molar-refractivity contribution >= 4 is 23.4 Å². The molecule has 3 nitrogen and oxygen atoms in total. The number of ether oxygens (including phenoxy) is 1. The van der Waals surface area contributed by atoms with Gasteiger partial charge in [0, 0.05) is 0 Å².